The van der Waals surface area contributed by atoms with Gasteiger partial charge in [0.05, 0.1) is 0 Å². The maximum atomic E-state index is 11.8. The van der Waals surface area contributed by atoms with Gasteiger partial charge in [0.15, 0.2) is 0 Å². The van der Waals surface area contributed by atoms with Crippen LogP contribution in [0.15, 0.2) is 35.0 Å². The largest absolute Gasteiger partial charge is 0.348 e. The fourth-order valence-corrected chi connectivity index (χ4v) is 2.06. The number of carbonyl (C=O) groups is 1. The van der Waals surface area contributed by atoms with Gasteiger partial charge < -0.3 is 5.32 Å². The van der Waals surface area contributed by atoms with E-state index < -0.39 is 0 Å². The van der Waals surface area contributed by atoms with Gasteiger partial charge in [0.25, 0.3) is 5.91 Å². The fourth-order valence-electron chi connectivity index (χ4n) is 1.72. The van der Waals surface area contributed by atoms with Gasteiger partial charge >= 0.3 is 0 Å². The molecule has 3 nitrogen and oxygen atoms in total. The molecule has 1 atom stereocenters. The van der Waals surface area contributed by atoms with Gasteiger partial charge in [0.2, 0.25) is 0 Å². The lowest BCUT2D eigenvalue weighted by Gasteiger charge is -2.18. The van der Waals surface area contributed by atoms with Crippen molar-refractivity contribution in [2.75, 3.05) is 0 Å². The maximum Gasteiger partial charge on any atom is 0.270 e. The summed E-state index contributed by atoms with van der Waals surface area (Å²) in [4.78, 5) is 16.0. The number of allylic oxidation sites excluding steroid dienone is 1. The van der Waals surface area contributed by atoms with Gasteiger partial charge in [-0.25, -0.2) is 4.98 Å². The second-order valence-corrected chi connectivity index (χ2v) is 4.61. The smallest absolute Gasteiger partial charge is 0.270 e. The average Bonchev–Trinajstić information content (AvgIpc) is 2.30. The Bertz CT molecular complexity index is 417. The summed E-state index contributed by atoms with van der Waals surface area (Å²) < 4.78 is 0.684. The van der Waals surface area contributed by atoms with Crippen LogP contribution in [0.1, 0.15) is 29.8 Å². The molecule has 0 aromatic carbocycles. The molecule has 0 aliphatic heterocycles. The lowest BCUT2D eigenvalue weighted by atomic mass is 10.0. The minimum Gasteiger partial charge on any atom is -0.348 e. The van der Waals surface area contributed by atoms with E-state index in [0.29, 0.717) is 10.3 Å². The first kappa shape index (κ1) is 11.3. The van der Waals surface area contributed by atoms with Crippen molar-refractivity contribution in [1.82, 2.24) is 10.3 Å². The van der Waals surface area contributed by atoms with Crippen molar-refractivity contribution in [3.63, 3.8) is 0 Å². The van der Waals surface area contributed by atoms with Crippen molar-refractivity contribution in [2.24, 2.45) is 0 Å². The van der Waals surface area contributed by atoms with Crippen molar-refractivity contribution in [3.8, 4) is 0 Å². The van der Waals surface area contributed by atoms with Crippen LogP contribution < -0.4 is 5.32 Å². The summed E-state index contributed by atoms with van der Waals surface area (Å²) in [6, 6.07) is 5.59. The van der Waals surface area contributed by atoms with Crippen LogP contribution in [0.2, 0.25) is 0 Å². The van der Waals surface area contributed by atoms with E-state index in [1.807, 2.05) is 6.07 Å². The van der Waals surface area contributed by atoms with Crippen molar-refractivity contribution >= 4 is 21.8 Å². The Morgan fingerprint density at radius 3 is 3.00 bits per heavy atom. The van der Waals surface area contributed by atoms with E-state index in [2.05, 4.69) is 38.4 Å². The number of halogens is 1. The number of hydrogen-bond donors (Lipinski definition) is 1. The molecule has 1 unspecified atom stereocenters. The number of pyridine rings is 1. The van der Waals surface area contributed by atoms with Crippen LogP contribution in [0.5, 0.6) is 0 Å². The minimum absolute atomic E-state index is 0.0957. The summed E-state index contributed by atoms with van der Waals surface area (Å²) in [6.45, 7) is 0. The third-order valence-electron chi connectivity index (χ3n) is 2.55. The molecule has 0 fully saturated rings. The monoisotopic (exact) mass is 280 g/mol. The predicted molar refractivity (Wildman–Crippen MR) is 66.2 cm³/mol. The van der Waals surface area contributed by atoms with Crippen molar-refractivity contribution in [1.29, 1.82) is 0 Å². The number of rotatable bonds is 2. The van der Waals surface area contributed by atoms with Gasteiger partial charge in [-0.2, -0.15) is 0 Å². The molecule has 16 heavy (non-hydrogen) atoms. The second-order valence-electron chi connectivity index (χ2n) is 3.80. The highest BCUT2D eigenvalue weighted by atomic mass is 79.9. The van der Waals surface area contributed by atoms with Crippen molar-refractivity contribution in [2.45, 2.75) is 25.3 Å². The van der Waals surface area contributed by atoms with E-state index >= 15 is 0 Å². The van der Waals surface area contributed by atoms with Gasteiger partial charge in [-0.3, -0.25) is 4.79 Å². The Morgan fingerprint density at radius 1 is 1.44 bits per heavy atom. The molecular weight excluding hydrogens is 268 g/mol. The van der Waals surface area contributed by atoms with Crippen LogP contribution in [0.4, 0.5) is 0 Å². The molecule has 0 saturated heterocycles. The minimum atomic E-state index is -0.0957. The van der Waals surface area contributed by atoms with Crippen LogP contribution in [-0.4, -0.2) is 16.9 Å². The molecule has 1 aliphatic rings. The Hall–Kier alpha value is -1.16. The maximum absolute atomic E-state index is 11.8. The second kappa shape index (κ2) is 5.25. The summed E-state index contributed by atoms with van der Waals surface area (Å²) in [7, 11) is 0. The zero-order chi connectivity index (χ0) is 11.4. The highest BCUT2D eigenvalue weighted by molar-refractivity contribution is 9.10. The van der Waals surface area contributed by atoms with E-state index in [0.717, 1.165) is 19.3 Å². The summed E-state index contributed by atoms with van der Waals surface area (Å²) in [5.41, 5.74) is 0.462. The highest BCUT2D eigenvalue weighted by Gasteiger charge is 2.14. The number of hydrogen-bond acceptors (Lipinski definition) is 2. The first-order chi connectivity index (χ1) is 7.75. The molecule has 1 aromatic heterocycles. The molecule has 84 valence electrons. The Kier molecular flexibility index (Phi) is 3.72. The van der Waals surface area contributed by atoms with Crippen LogP contribution >= 0.6 is 15.9 Å². The van der Waals surface area contributed by atoms with Crippen molar-refractivity contribution < 1.29 is 4.79 Å². The zero-order valence-electron chi connectivity index (χ0n) is 8.82. The van der Waals surface area contributed by atoms with E-state index in [1.54, 1.807) is 12.1 Å². The topological polar surface area (TPSA) is 42.0 Å². The molecule has 2 rings (SSSR count). The molecule has 1 N–H and O–H groups in total. The van der Waals surface area contributed by atoms with Crippen molar-refractivity contribution in [3.05, 3.63) is 40.6 Å². The molecule has 0 radical (unpaired) electrons. The number of nitrogens with one attached hydrogen (secondary N) is 1. The number of amides is 1. The van der Waals surface area contributed by atoms with Gasteiger partial charge in [0, 0.05) is 6.04 Å². The lowest BCUT2D eigenvalue weighted by molar-refractivity contribution is 0.0929. The summed E-state index contributed by atoms with van der Waals surface area (Å²) in [5.74, 6) is -0.0957. The molecule has 0 spiro atoms. The van der Waals surface area contributed by atoms with Gasteiger partial charge in [0.1, 0.15) is 10.3 Å². The molecule has 1 aromatic rings. The van der Waals surface area contributed by atoms with Gasteiger partial charge in [-0.15, -0.1) is 0 Å². The normalized spacial score (nSPS) is 19.4. The summed E-state index contributed by atoms with van der Waals surface area (Å²) in [5, 5.41) is 2.99. The highest BCUT2D eigenvalue weighted by Crippen LogP contribution is 2.12. The van der Waals surface area contributed by atoms with Gasteiger partial charge in [-0.1, -0.05) is 18.2 Å². The molecule has 0 saturated carbocycles. The van der Waals surface area contributed by atoms with Gasteiger partial charge in [-0.05, 0) is 47.3 Å². The molecule has 1 heterocycles. The third-order valence-corrected chi connectivity index (χ3v) is 2.99. The SMILES string of the molecule is O=C(NC1CC=CCC1)c1cccc(Br)n1. The lowest BCUT2D eigenvalue weighted by Crippen LogP contribution is -2.35. The third kappa shape index (κ3) is 2.92. The van der Waals surface area contributed by atoms with Crippen LogP contribution in [-0.2, 0) is 0 Å². The summed E-state index contributed by atoms with van der Waals surface area (Å²) >= 11 is 3.25. The predicted octanol–water partition coefficient (Wildman–Crippen LogP) is 2.68. The van der Waals surface area contributed by atoms with Crippen LogP contribution in [0, 0.1) is 0 Å². The van der Waals surface area contributed by atoms with Crippen LogP contribution in [0.3, 0.4) is 0 Å². The Balaban J connectivity index is 2.00. The Morgan fingerprint density at radius 2 is 2.31 bits per heavy atom. The number of carbonyl (C=O) groups excluding carboxylic acids is 1. The standard InChI is InChI=1S/C12H13BrN2O/c13-11-8-4-7-10(15-11)12(16)14-9-5-2-1-3-6-9/h1-2,4,7-9H,3,5-6H2,(H,14,16). The van der Waals surface area contributed by atoms with Crippen LogP contribution in [0.25, 0.3) is 0 Å². The fraction of sp³-hybridized carbons (Fsp3) is 0.333. The first-order valence-electron chi connectivity index (χ1n) is 5.34. The summed E-state index contributed by atoms with van der Waals surface area (Å²) in [6.07, 6.45) is 7.23. The molecule has 4 heteroatoms. The molecule has 1 amide bonds. The van der Waals surface area contributed by atoms with E-state index in [1.165, 1.54) is 0 Å². The Labute approximate surface area is 103 Å². The first-order valence-corrected chi connectivity index (χ1v) is 6.13. The zero-order valence-corrected chi connectivity index (χ0v) is 10.4. The molecule has 0 bridgehead atoms. The number of nitrogens with zero attached hydrogens (tertiary/aromatic N) is 1. The quantitative estimate of drug-likeness (QED) is 0.669. The molecule has 1 aliphatic carbocycles. The van der Waals surface area contributed by atoms with E-state index in [9.17, 15) is 4.79 Å². The van der Waals surface area contributed by atoms with E-state index in [-0.39, 0.29) is 11.9 Å². The number of aromatic nitrogens is 1. The van der Waals surface area contributed by atoms with E-state index in [4.69, 9.17) is 0 Å². The average molecular weight is 281 g/mol. The molecular formula is C12H13BrN2O.